The van der Waals surface area contributed by atoms with Gasteiger partial charge in [0.1, 0.15) is 6.26 Å². The molecule has 0 radical (unpaired) electrons. The second-order valence-corrected chi connectivity index (χ2v) is 6.86. The molecule has 6 nitrogen and oxygen atoms in total. The van der Waals surface area contributed by atoms with Crippen LogP contribution in [0.2, 0.25) is 5.02 Å². The van der Waals surface area contributed by atoms with E-state index in [1.807, 2.05) is 42.5 Å². The summed E-state index contributed by atoms with van der Waals surface area (Å²) in [6.45, 7) is 0. The summed E-state index contributed by atoms with van der Waals surface area (Å²) in [5.41, 5.74) is 2.56. The van der Waals surface area contributed by atoms with Crippen LogP contribution in [0.1, 0.15) is 5.69 Å². The van der Waals surface area contributed by atoms with Gasteiger partial charge < -0.3 is 10.3 Å². The Morgan fingerprint density at radius 2 is 1.85 bits per heavy atom. The monoisotopic (exact) mass is 383 g/mol. The number of thioether (sulfide) groups is 1. The van der Waals surface area contributed by atoms with E-state index < -0.39 is 0 Å². The normalized spacial score (nSPS) is 11.0. The molecular weight excluding hydrogens is 370 g/mol. The molecule has 0 bridgehead atoms. The van der Waals surface area contributed by atoms with Gasteiger partial charge in [-0.05, 0) is 24.3 Å². The fraction of sp³-hybridized carbons (Fsp3) is 0.0556. The summed E-state index contributed by atoms with van der Waals surface area (Å²) in [6, 6.07) is 17.1. The average molecular weight is 384 g/mol. The summed E-state index contributed by atoms with van der Waals surface area (Å²) in [6.07, 6.45) is 1.64. The van der Waals surface area contributed by atoms with Crippen LogP contribution in [0.25, 0.3) is 22.8 Å². The van der Waals surface area contributed by atoms with Crippen molar-refractivity contribution in [2.45, 2.75) is 10.9 Å². The highest BCUT2D eigenvalue weighted by molar-refractivity contribution is 7.98. The summed E-state index contributed by atoms with van der Waals surface area (Å²) < 4.78 is 7.00. The number of oxazole rings is 1. The van der Waals surface area contributed by atoms with Gasteiger partial charge in [-0.3, -0.25) is 0 Å². The molecule has 4 aromatic rings. The zero-order valence-electron chi connectivity index (χ0n) is 13.5. The number of nitrogens with two attached hydrogens (primary N) is 1. The number of rotatable bonds is 5. The maximum atomic E-state index is 6.13. The van der Waals surface area contributed by atoms with Crippen LogP contribution < -0.4 is 5.84 Å². The number of hydrogen-bond acceptors (Lipinski definition) is 6. The smallest absolute Gasteiger partial charge is 0.226 e. The maximum absolute atomic E-state index is 6.13. The summed E-state index contributed by atoms with van der Waals surface area (Å²) in [4.78, 5) is 4.50. The molecule has 8 heteroatoms. The van der Waals surface area contributed by atoms with Crippen LogP contribution in [0, 0.1) is 0 Å². The van der Waals surface area contributed by atoms with E-state index in [2.05, 4.69) is 15.2 Å². The Kier molecular flexibility index (Phi) is 4.64. The molecule has 2 aromatic heterocycles. The van der Waals surface area contributed by atoms with Crippen molar-refractivity contribution in [1.29, 1.82) is 0 Å². The number of hydrogen-bond donors (Lipinski definition) is 1. The van der Waals surface area contributed by atoms with E-state index in [-0.39, 0.29) is 0 Å². The molecule has 0 aliphatic carbocycles. The lowest BCUT2D eigenvalue weighted by atomic mass is 10.2. The van der Waals surface area contributed by atoms with Crippen LogP contribution in [0.3, 0.4) is 0 Å². The maximum Gasteiger partial charge on any atom is 0.226 e. The SMILES string of the molecule is Nn1c(SCc2coc(-c3ccccc3)n2)nnc1-c1cccc(Cl)c1. The van der Waals surface area contributed by atoms with Gasteiger partial charge in [0.25, 0.3) is 0 Å². The Balaban J connectivity index is 1.48. The van der Waals surface area contributed by atoms with Crippen molar-refractivity contribution in [2.24, 2.45) is 0 Å². The van der Waals surface area contributed by atoms with Crippen molar-refractivity contribution in [3.05, 3.63) is 71.6 Å². The predicted molar refractivity (Wildman–Crippen MR) is 102 cm³/mol. The van der Waals surface area contributed by atoms with Crippen LogP contribution in [0.5, 0.6) is 0 Å². The quantitative estimate of drug-likeness (QED) is 0.409. The summed E-state index contributed by atoms with van der Waals surface area (Å²) in [5, 5.41) is 9.52. The molecule has 2 heterocycles. The molecule has 0 atom stereocenters. The molecule has 2 N–H and O–H groups in total. The highest BCUT2D eigenvalue weighted by Gasteiger charge is 2.14. The van der Waals surface area contributed by atoms with E-state index in [4.69, 9.17) is 21.9 Å². The number of benzene rings is 2. The topological polar surface area (TPSA) is 82.8 Å². The standard InChI is InChI=1S/C18H14ClN5OS/c19-14-8-4-7-13(9-14)16-22-23-18(24(16)20)26-11-15-10-25-17(21-15)12-5-2-1-3-6-12/h1-10H,11,20H2. The summed E-state index contributed by atoms with van der Waals surface area (Å²) in [7, 11) is 0. The zero-order chi connectivity index (χ0) is 17.9. The minimum Gasteiger partial charge on any atom is -0.444 e. The largest absolute Gasteiger partial charge is 0.444 e. The van der Waals surface area contributed by atoms with Crippen LogP contribution in [0.4, 0.5) is 0 Å². The van der Waals surface area contributed by atoms with E-state index in [0.717, 1.165) is 16.8 Å². The first-order valence-electron chi connectivity index (χ1n) is 7.80. The molecule has 0 aliphatic heterocycles. The Hall–Kier alpha value is -2.77. The number of nitrogen functional groups attached to an aromatic ring is 1. The van der Waals surface area contributed by atoms with Crippen molar-refractivity contribution in [2.75, 3.05) is 5.84 Å². The summed E-state index contributed by atoms with van der Waals surface area (Å²) in [5.74, 6) is 7.85. The minimum atomic E-state index is 0.556. The first-order chi connectivity index (χ1) is 12.7. The van der Waals surface area contributed by atoms with E-state index in [9.17, 15) is 0 Å². The molecule has 130 valence electrons. The fourth-order valence-electron chi connectivity index (χ4n) is 2.42. The van der Waals surface area contributed by atoms with Gasteiger partial charge in [0, 0.05) is 21.9 Å². The molecule has 0 saturated heterocycles. The van der Waals surface area contributed by atoms with E-state index >= 15 is 0 Å². The molecule has 26 heavy (non-hydrogen) atoms. The van der Waals surface area contributed by atoms with Crippen LogP contribution in [-0.2, 0) is 5.75 Å². The Labute approximate surface area is 159 Å². The second-order valence-electron chi connectivity index (χ2n) is 5.49. The van der Waals surface area contributed by atoms with Gasteiger partial charge in [0.05, 0.1) is 5.69 Å². The van der Waals surface area contributed by atoms with Crippen molar-refractivity contribution in [1.82, 2.24) is 19.9 Å². The number of halogens is 1. The van der Waals surface area contributed by atoms with Gasteiger partial charge in [-0.25, -0.2) is 9.66 Å². The van der Waals surface area contributed by atoms with E-state index in [1.165, 1.54) is 16.4 Å². The summed E-state index contributed by atoms with van der Waals surface area (Å²) >= 11 is 7.46. The lowest BCUT2D eigenvalue weighted by Gasteiger charge is -2.03. The average Bonchev–Trinajstić information content (AvgIpc) is 3.28. The lowest BCUT2D eigenvalue weighted by Crippen LogP contribution is -2.11. The van der Waals surface area contributed by atoms with Gasteiger partial charge >= 0.3 is 0 Å². The molecule has 0 amide bonds. The van der Waals surface area contributed by atoms with E-state index in [0.29, 0.717) is 27.6 Å². The van der Waals surface area contributed by atoms with Crippen LogP contribution in [-0.4, -0.2) is 19.9 Å². The van der Waals surface area contributed by atoms with Gasteiger partial charge in [-0.15, -0.1) is 10.2 Å². The molecular formula is C18H14ClN5OS. The van der Waals surface area contributed by atoms with E-state index in [1.54, 1.807) is 18.4 Å². The Morgan fingerprint density at radius 1 is 1.04 bits per heavy atom. The number of nitrogens with zero attached hydrogens (tertiary/aromatic N) is 4. The van der Waals surface area contributed by atoms with Crippen molar-refractivity contribution < 1.29 is 4.42 Å². The third-order valence-corrected chi connectivity index (χ3v) is 4.88. The number of aromatic nitrogens is 4. The van der Waals surface area contributed by atoms with Gasteiger partial charge in [-0.1, -0.05) is 53.7 Å². The minimum absolute atomic E-state index is 0.556. The van der Waals surface area contributed by atoms with Crippen molar-refractivity contribution in [3.63, 3.8) is 0 Å². The first-order valence-corrected chi connectivity index (χ1v) is 9.16. The third-order valence-electron chi connectivity index (χ3n) is 3.67. The highest BCUT2D eigenvalue weighted by atomic mass is 35.5. The second kappa shape index (κ2) is 7.23. The molecule has 0 aliphatic rings. The molecule has 0 spiro atoms. The predicted octanol–water partition coefficient (Wildman–Crippen LogP) is 4.26. The van der Waals surface area contributed by atoms with Crippen LogP contribution >= 0.6 is 23.4 Å². The Bertz CT molecular complexity index is 1030. The zero-order valence-corrected chi connectivity index (χ0v) is 15.1. The molecule has 0 fully saturated rings. The van der Waals surface area contributed by atoms with Crippen molar-refractivity contribution in [3.8, 4) is 22.8 Å². The first kappa shape index (κ1) is 16.7. The van der Waals surface area contributed by atoms with Gasteiger partial charge in [-0.2, -0.15) is 0 Å². The van der Waals surface area contributed by atoms with Gasteiger partial charge in [0.15, 0.2) is 5.82 Å². The molecule has 0 unspecified atom stereocenters. The van der Waals surface area contributed by atoms with Crippen LogP contribution in [0.15, 0.2) is 70.4 Å². The highest BCUT2D eigenvalue weighted by Crippen LogP contribution is 2.26. The third kappa shape index (κ3) is 3.44. The fourth-order valence-corrected chi connectivity index (χ4v) is 3.35. The van der Waals surface area contributed by atoms with Crippen molar-refractivity contribution >= 4 is 23.4 Å². The van der Waals surface area contributed by atoms with Gasteiger partial charge in [0.2, 0.25) is 11.0 Å². The molecule has 4 rings (SSSR count). The molecule has 2 aromatic carbocycles. The Morgan fingerprint density at radius 3 is 2.65 bits per heavy atom. The lowest BCUT2D eigenvalue weighted by molar-refractivity contribution is 0.573. The molecule has 0 saturated carbocycles.